The molecule has 2 heterocycles. The summed E-state index contributed by atoms with van der Waals surface area (Å²) in [5, 5.41) is 3.08. The van der Waals surface area contributed by atoms with E-state index in [9.17, 15) is 4.79 Å². The van der Waals surface area contributed by atoms with Gasteiger partial charge >= 0.3 is 0 Å². The summed E-state index contributed by atoms with van der Waals surface area (Å²) in [6.45, 7) is 7.35. The maximum absolute atomic E-state index is 12.2. The van der Waals surface area contributed by atoms with Gasteiger partial charge in [-0.25, -0.2) is 4.98 Å². The summed E-state index contributed by atoms with van der Waals surface area (Å²) in [4.78, 5) is 20.6. The number of hydrogen-bond acceptors (Lipinski definition) is 4. The van der Waals surface area contributed by atoms with Gasteiger partial charge in [-0.05, 0) is 24.5 Å². The molecule has 2 aromatic rings. The normalized spacial score (nSPS) is 10.8. The molecule has 0 aromatic carbocycles. The Labute approximate surface area is 118 Å². The first-order valence-electron chi connectivity index (χ1n) is 6.77. The number of hydrogen-bond donors (Lipinski definition) is 1. The zero-order valence-corrected chi connectivity index (χ0v) is 12.1. The first-order chi connectivity index (χ1) is 9.58. The van der Waals surface area contributed by atoms with E-state index in [1.54, 1.807) is 23.2 Å². The largest absolute Gasteiger partial charge is 0.360 e. The third kappa shape index (κ3) is 3.44. The molecule has 106 valence electrons. The van der Waals surface area contributed by atoms with Gasteiger partial charge in [0.15, 0.2) is 5.82 Å². The molecule has 0 fully saturated rings. The Morgan fingerprint density at radius 1 is 1.30 bits per heavy atom. The average molecular weight is 272 g/mol. The molecule has 5 heteroatoms. The molecule has 0 aliphatic heterocycles. The molecule has 0 atom stereocenters. The Morgan fingerprint density at radius 2 is 2.10 bits per heavy atom. The Morgan fingerprint density at radius 3 is 2.80 bits per heavy atom. The fraction of sp³-hybridized carbons (Fsp3) is 0.400. The highest BCUT2D eigenvalue weighted by Gasteiger charge is 2.07. The summed E-state index contributed by atoms with van der Waals surface area (Å²) in [6.07, 6.45) is 5.12. The smallest absolute Gasteiger partial charge is 0.293 e. The number of nitrogens with one attached hydrogen (secondary N) is 1. The van der Waals surface area contributed by atoms with Gasteiger partial charge in [-0.2, -0.15) is 0 Å². The molecule has 0 saturated heterocycles. The van der Waals surface area contributed by atoms with Crippen molar-refractivity contribution in [2.75, 3.05) is 5.32 Å². The van der Waals surface area contributed by atoms with Gasteiger partial charge in [0.2, 0.25) is 0 Å². The molecule has 0 aliphatic rings. The predicted molar refractivity (Wildman–Crippen MR) is 79.6 cm³/mol. The van der Waals surface area contributed by atoms with Crippen molar-refractivity contribution >= 4 is 5.82 Å². The highest BCUT2D eigenvalue weighted by Crippen LogP contribution is 2.05. The summed E-state index contributed by atoms with van der Waals surface area (Å²) < 4.78 is 1.69. The quantitative estimate of drug-likeness (QED) is 0.906. The second kappa shape index (κ2) is 6.32. The molecule has 0 saturated carbocycles. The van der Waals surface area contributed by atoms with E-state index in [-0.39, 0.29) is 5.56 Å². The number of rotatable bonds is 5. The Hall–Kier alpha value is -2.17. The zero-order chi connectivity index (χ0) is 14.5. The summed E-state index contributed by atoms with van der Waals surface area (Å²) >= 11 is 0. The summed E-state index contributed by atoms with van der Waals surface area (Å²) in [5.41, 5.74) is 1.93. The van der Waals surface area contributed by atoms with Crippen LogP contribution in [-0.2, 0) is 13.1 Å². The van der Waals surface area contributed by atoms with E-state index in [0.717, 1.165) is 11.3 Å². The SMILES string of the molecule is Cc1cccnc1CNc1nccn(CC(C)C)c1=O. The summed E-state index contributed by atoms with van der Waals surface area (Å²) in [5.74, 6) is 0.791. The van der Waals surface area contributed by atoms with Crippen molar-refractivity contribution in [1.29, 1.82) is 0 Å². The molecule has 0 bridgehead atoms. The molecule has 0 unspecified atom stereocenters. The number of nitrogens with zero attached hydrogens (tertiary/aromatic N) is 3. The van der Waals surface area contributed by atoms with Gasteiger partial charge < -0.3 is 9.88 Å². The molecule has 0 aliphatic carbocycles. The highest BCUT2D eigenvalue weighted by atomic mass is 16.1. The number of aromatic nitrogens is 3. The fourth-order valence-corrected chi connectivity index (χ4v) is 1.98. The van der Waals surface area contributed by atoms with Crippen molar-refractivity contribution in [1.82, 2.24) is 14.5 Å². The van der Waals surface area contributed by atoms with E-state index in [0.29, 0.717) is 24.8 Å². The van der Waals surface area contributed by atoms with Gasteiger partial charge in [-0.15, -0.1) is 0 Å². The van der Waals surface area contributed by atoms with Crippen molar-refractivity contribution < 1.29 is 0 Å². The number of aryl methyl sites for hydroxylation is 1. The second-order valence-electron chi connectivity index (χ2n) is 5.25. The highest BCUT2D eigenvalue weighted by molar-refractivity contribution is 5.32. The van der Waals surface area contributed by atoms with Crippen molar-refractivity contribution in [3.8, 4) is 0 Å². The van der Waals surface area contributed by atoms with Crippen LogP contribution in [0.15, 0.2) is 35.5 Å². The van der Waals surface area contributed by atoms with E-state index >= 15 is 0 Å². The molecule has 0 amide bonds. The minimum Gasteiger partial charge on any atom is -0.360 e. The first-order valence-corrected chi connectivity index (χ1v) is 6.77. The van der Waals surface area contributed by atoms with Crippen LogP contribution in [0.2, 0.25) is 0 Å². The summed E-state index contributed by atoms with van der Waals surface area (Å²) in [6, 6.07) is 3.90. The lowest BCUT2D eigenvalue weighted by atomic mass is 10.2. The van der Waals surface area contributed by atoms with Crippen molar-refractivity contribution in [2.24, 2.45) is 5.92 Å². The first kappa shape index (κ1) is 14.2. The maximum Gasteiger partial charge on any atom is 0.293 e. The third-order valence-corrected chi connectivity index (χ3v) is 3.02. The Balaban J connectivity index is 2.14. The van der Waals surface area contributed by atoms with Crippen LogP contribution in [0.1, 0.15) is 25.1 Å². The van der Waals surface area contributed by atoms with E-state index in [2.05, 4.69) is 29.1 Å². The molecule has 2 rings (SSSR count). The van der Waals surface area contributed by atoms with Gasteiger partial charge in [0, 0.05) is 25.1 Å². The molecule has 0 spiro atoms. The van der Waals surface area contributed by atoms with Crippen LogP contribution < -0.4 is 10.9 Å². The zero-order valence-electron chi connectivity index (χ0n) is 12.1. The second-order valence-corrected chi connectivity index (χ2v) is 5.25. The van der Waals surface area contributed by atoms with E-state index in [4.69, 9.17) is 0 Å². The lowest BCUT2D eigenvalue weighted by Crippen LogP contribution is -2.26. The van der Waals surface area contributed by atoms with Gasteiger partial charge in [-0.1, -0.05) is 19.9 Å². The third-order valence-electron chi connectivity index (χ3n) is 3.02. The maximum atomic E-state index is 12.2. The standard InChI is InChI=1S/C15H20N4O/c1-11(2)10-19-8-7-17-14(15(19)20)18-9-13-12(3)5-4-6-16-13/h4-8,11H,9-10H2,1-3H3,(H,17,18). The van der Waals surface area contributed by atoms with Crippen LogP contribution in [-0.4, -0.2) is 14.5 Å². The Kier molecular flexibility index (Phi) is 4.50. The van der Waals surface area contributed by atoms with Crippen molar-refractivity contribution in [3.63, 3.8) is 0 Å². The van der Waals surface area contributed by atoms with Crippen LogP contribution in [0.5, 0.6) is 0 Å². The number of pyridine rings is 1. The molecule has 1 N–H and O–H groups in total. The average Bonchev–Trinajstić information content (AvgIpc) is 2.41. The van der Waals surface area contributed by atoms with Crippen molar-refractivity contribution in [2.45, 2.75) is 33.9 Å². The lowest BCUT2D eigenvalue weighted by Gasteiger charge is -2.11. The Bertz CT molecular complexity index is 634. The molecule has 0 radical (unpaired) electrons. The van der Waals surface area contributed by atoms with Gasteiger partial charge in [0.25, 0.3) is 5.56 Å². The summed E-state index contributed by atoms with van der Waals surface area (Å²) in [7, 11) is 0. The van der Waals surface area contributed by atoms with Gasteiger partial charge in [-0.3, -0.25) is 9.78 Å². The molecule has 20 heavy (non-hydrogen) atoms. The van der Waals surface area contributed by atoms with E-state index in [1.807, 2.05) is 19.1 Å². The van der Waals surface area contributed by atoms with E-state index < -0.39 is 0 Å². The van der Waals surface area contributed by atoms with Crippen LogP contribution >= 0.6 is 0 Å². The fourth-order valence-electron chi connectivity index (χ4n) is 1.98. The lowest BCUT2D eigenvalue weighted by molar-refractivity contribution is 0.509. The van der Waals surface area contributed by atoms with Crippen LogP contribution in [0.25, 0.3) is 0 Å². The van der Waals surface area contributed by atoms with Gasteiger partial charge in [0.1, 0.15) is 0 Å². The minimum atomic E-state index is -0.0882. The van der Waals surface area contributed by atoms with Crippen LogP contribution in [0.3, 0.4) is 0 Å². The molecule has 5 nitrogen and oxygen atoms in total. The molecular formula is C15H20N4O. The molecule has 2 aromatic heterocycles. The van der Waals surface area contributed by atoms with Crippen LogP contribution in [0, 0.1) is 12.8 Å². The van der Waals surface area contributed by atoms with E-state index in [1.165, 1.54) is 0 Å². The van der Waals surface area contributed by atoms with Gasteiger partial charge in [0.05, 0.1) is 12.2 Å². The molecular weight excluding hydrogens is 252 g/mol. The minimum absolute atomic E-state index is 0.0882. The topological polar surface area (TPSA) is 59.8 Å². The number of anilines is 1. The monoisotopic (exact) mass is 272 g/mol. The predicted octanol–water partition coefficient (Wildman–Crippen LogP) is 2.21. The van der Waals surface area contributed by atoms with Crippen molar-refractivity contribution in [3.05, 3.63) is 52.3 Å². The van der Waals surface area contributed by atoms with Crippen LogP contribution in [0.4, 0.5) is 5.82 Å².